The number of hydrogen-bond acceptors (Lipinski definition) is 3. The fourth-order valence-corrected chi connectivity index (χ4v) is 4.95. The molecular weight excluding hydrogens is 358 g/mol. The maximum atomic E-state index is 13.6. The molecule has 0 spiro atoms. The highest BCUT2D eigenvalue weighted by atomic mass is 16.2. The van der Waals surface area contributed by atoms with Crippen LogP contribution in [0.4, 0.5) is 0 Å². The lowest BCUT2D eigenvalue weighted by atomic mass is 9.71. The maximum absolute atomic E-state index is 13.6. The first-order valence-corrected chi connectivity index (χ1v) is 12.0. The molecule has 4 nitrogen and oxygen atoms in total. The van der Waals surface area contributed by atoms with Gasteiger partial charge in [0.2, 0.25) is 5.91 Å². The van der Waals surface area contributed by atoms with Gasteiger partial charge in [-0.3, -0.25) is 4.79 Å². The first kappa shape index (κ1) is 22.3. The number of amides is 1. The van der Waals surface area contributed by atoms with E-state index in [0.717, 1.165) is 51.9 Å². The van der Waals surface area contributed by atoms with Crippen molar-refractivity contribution in [3.8, 4) is 0 Å². The van der Waals surface area contributed by atoms with Crippen LogP contribution in [0.3, 0.4) is 0 Å². The summed E-state index contributed by atoms with van der Waals surface area (Å²) in [6.07, 6.45) is 9.06. The number of carbonyl (C=O) groups excluding carboxylic acids is 1. The summed E-state index contributed by atoms with van der Waals surface area (Å²) in [5, 5.41) is 3.48. The summed E-state index contributed by atoms with van der Waals surface area (Å²) in [6, 6.07) is 10.9. The lowest BCUT2D eigenvalue weighted by molar-refractivity contribution is -0.129. The Hall–Kier alpha value is -1.39. The molecule has 2 saturated heterocycles. The van der Waals surface area contributed by atoms with Gasteiger partial charge in [0.25, 0.3) is 0 Å². The number of piperidine rings is 2. The van der Waals surface area contributed by atoms with E-state index in [0.29, 0.717) is 6.04 Å². The smallest absolute Gasteiger partial charge is 0.230 e. The van der Waals surface area contributed by atoms with Gasteiger partial charge in [0.15, 0.2) is 0 Å². The predicted octanol–water partition coefficient (Wildman–Crippen LogP) is 4.20. The van der Waals surface area contributed by atoms with Gasteiger partial charge < -0.3 is 15.1 Å². The zero-order valence-electron chi connectivity index (χ0n) is 18.7. The zero-order chi connectivity index (χ0) is 20.5. The Labute approximate surface area is 178 Å². The van der Waals surface area contributed by atoms with E-state index >= 15 is 0 Å². The fraction of sp³-hybridized carbons (Fsp3) is 0.720. The molecule has 1 aromatic carbocycles. The second kappa shape index (κ2) is 11.1. The van der Waals surface area contributed by atoms with Crippen molar-refractivity contribution in [1.29, 1.82) is 0 Å². The van der Waals surface area contributed by atoms with Gasteiger partial charge in [0.05, 0.1) is 5.41 Å². The summed E-state index contributed by atoms with van der Waals surface area (Å²) in [6.45, 7) is 11.2. The first-order valence-electron chi connectivity index (χ1n) is 12.0. The van der Waals surface area contributed by atoms with Crippen molar-refractivity contribution in [2.45, 2.75) is 76.7 Å². The Kier molecular flexibility index (Phi) is 8.55. The molecule has 0 aromatic heterocycles. The molecule has 162 valence electrons. The third-order valence-electron chi connectivity index (χ3n) is 7.05. The van der Waals surface area contributed by atoms with Crippen molar-refractivity contribution in [2.75, 3.05) is 39.3 Å². The molecule has 0 bridgehead atoms. The first-order chi connectivity index (χ1) is 14.2. The molecule has 2 aliphatic rings. The highest BCUT2D eigenvalue weighted by molar-refractivity contribution is 5.88. The standard InChI is InChI=1S/C25H41N3O/c1-3-5-16-27-18-12-23(13-19-27)26-24(29)25(22-10-8-7-9-11-22)14-20-28(21-15-25)17-6-4-2/h7-11,23H,3-6,12-21H2,1-2H3,(H,26,29). The average Bonchev–Trinajstić information content (AvgIpc) is 2.78. The van der Waals surface area contributed by atoms with E-state index in [4.69, 9.17) is 0 Å². The second-order valence-corrected chi connectivity index (χ2v) is 9.09. The predicted molar refractivity (Wildman–Crippen MR) is 121 cm³/mol. The van der Waals surface area contributed by atoms with Gasteiger partial charge in [-0.2, -0.15) is 0 Å². The van der Waals surface area contributed by atoms with Crippen molar-refractivity contribution >= 4 is 5.91 Å². The van der Waals surface area contributed by atoms with Crippen LogP contribution in [-0.2, 0) is 10.2 Å². The van der Waals surface area contributed by atoms with Gasteiger partial charge in [-0.25, -0.2) is 0 Å². The number of hydrogen-bond donors (Lipinski definition) is 1. The number of carbonyl (C=O) groups is 1. The summed E-state index contributed by atoms with van der Waals surface area (Å²) in [4.78, 5) is 18.7. The van der Waals surface area contributed by atoms with E-state index in [2.05, 4.69) is 59.3 Å². The third-order valence-corrected chi connectivity index (χ3v) is 7.05. The van der Waals surface area contributed by atoms with Gasteiger partial charge in [-0.15, -0.1) is 0 Å². The SMILES string of the molecule is CCCCN1CCC(NC(=O)C2(c3ccccc3)CCN(CCCC)CC2)CC1. The van der Waals surface area contributed by atoms with E-state index < -0.39 is 0 Å². The molecule has 1 N–H and O–H groups in total. The lowest BCUT2D eigenvalue weighted by Crippen LogP contribution is -2.55. The summed E-state index contributed by atoms with van der Waals surface area (Å²) in [7, 11) is 0. The van der Waals surface area contributed by atoms with Crippen LogP contribution >= 0.6 is 0 Å². The summed E-state index contributed by atoms with van der Waals surface area (Å²) in [5.74, 6) is 0.269. The van der Waals surface area contributed by atoms with Gasteiger partial charge >= 0.3 is 0 Å². The molecule has 4 heteroatoms. The molecule has 1 amide bonds. The van der Waals surface area contributed by atoms with Crippen LogP contribution in [0.1, 0.15) is 70.8 Å². The Morgan fingerprint density at radius 2 is 1.48 bits per heavy atom. The zero-order valence-corrected chi connectivity index (χ0v) is 18.7. The van der Waals surface area contributed by atoms with Crippen LogP contribution in [-0.4, -0.2) is 61.0 Å². The summed E-state index contributed by atoms with van der Waals surface area (Å²) >= 11 is 0. The lowest BCUT2D eigenvalue weighted by Gasteiger charge is -2.42. The van der Waals surface area contributed by atoms with E-state index in [1.807, 2.05) is 0 Å². The van der Waals surface area contributed by atoms with E-state index in [9.17, 15) is 4.79 Å². The maximum Gasteiger partial charge on any atom is 0.230 e. The average molecular weight is 400 g/mol. The number of unbranched alkanes of at least 4 members (excludes halogenated alkanes) is 2. The molecule has 0 unspecified atom stereocenters. The Bertz CT molecular complexity index is 602. The van der Waals surface area contributed by atoms with Crippen molar-refractivity contribution in [3.05, 3.63) is 35.9 Å². The Morgan fingerprint density at radius 1 is 0.931 bits per heavy atom. The molecule has 0 radical (unpaired) electrons. The van der Waals surface area contributed by atoms with Crippen LogP contribution in [0.5, 0.6) is 0 Å². The summed E-state index contributed by atoms with van der Waals surface area (Å²) < 4.78 is 0. The largest absolute Gasteiger partial charge is 0.352 e. The molecule has 2 fully saturated rings. The minimum Gasteiger partial charge on any atom is -0.352 e. The van der Waals surface area contributed by atoms with E-state index in [1.54, 1.807) is 0 Å². The fourth-order valence-electron chi connectivity index (χ4n) is 4.95. The molecule has 1 aromatic rings. The Balaban J connectivity index is 1.62. The molecule has 3 rings (SSSR count). The third kappa shape index (κ3) is 5.82. The number of nitrogens with zero attached hydrogens (tertiary/aromatic N) is 2. The molecule has 29 heavy (non-hydrogen) atoms. The minimum absolute atomic E-state index is 0.269. The van der Waals surface area contributed by atoms with Crippen molar-refractivity contribution < 1.29 is 4.79 Å². The van der Waals surface area contributed by atoms with Gasteiger partial charge in [-0.05, 0) is 70.3 Å². The molecule has 0 saturated carbocycles. The molecule has 0 aliphatic carbocycles. The van der Waals surface area contributed by atoms with Crippen LogP contribution in [0, 0.1) is 0 Å². The molecule has 0 atom stereocenters. The highest BCUT2D eigenvalue weighted by Gasteiger charge is 2.43. The normalized spacial score (nSPS) is 21.2. The number of benzene rings is 1. The van der Waals surface area contributed by atoms with Crippen molar-refractivity contribution in [1.82, 2.24) is 15.1 Å². The van der Waals surface area contributed by atoms with Crippen molar-refractivity contribution in [3.63, 3.8) is 0 Å². The second-order valence-electron chi connectivity index (χ2n) is 9.09. The van der Waals surface area contributed by atoms with Gasteiger partial charge in [0.1, 0.15) is 0 Å². The van der Waals surface area contributed by atoms with E-state index in [-0.39, 0.29) is 11.3 Å². The van der Waals surface area contributed by atoms with Crippen LogP contribution in [0.25, 0.3) is 0 Å². The monoisotopic (exact) mass is 399 g/mol. The quantitative estimate of drug-likeness (QED) is 0.676. The topological polar surface area (TPSA) is 35.6 Å². The number of nitrogens with one attached hydrogen (secondary N) is 1. The van der Waals surface area contributed by atoms with Gasteiger partial charge in [0, 0.05) is 19.1 Å². The number of likely N-dealkylation sites (tertiary alicyclic amines) is 2. The number of rotatable bonds is 9. The Morgan fingerprint density at radius 3 is 2.03 bits per heavy atom. The van der Waals surface area contributed by atoms with Crippen molar-refractivity contribution in [2.24, 2.45) is 0 Å². The summed E-state index contributed by atoms with van der Waals surface area (Å²) in [5.41, 5.74) is 0.844. The van der Waals surface area contributed by atoms with Crippen LogP contribution in [0.15, 0.2) is 30.3 Å². The van der Waals surface area contributed by atoms with Crippen LogP contribution in [0.2, 0.25) is 0 Å². The molecule has 2 heterocycles. The highest BCUT2D eigenvalue weighted by Crippen LogP contribution is 2.36. The minimum atomic E-state index is -0.358. The van der Waals surface area contributed by atoms with Crippen LogP contribution < -0.4 is 5.32 Å². The van der Waals surface area contributed by atoms with E-state index in [1.165, 1.54) is 44.3 Å². The van der Waals surface area contributed by atoms with Gasteiger partial charge in [-0.1, -0.05) is 57.0 Å². The molecule has 2 aliphatic heterocycles. The molecular formula is C25H41N3O.